The number of hydrogen-bond donors (Lipinski definition) is 14. The molecule has 6 amide bonds. The molecule has 336 valence electrons. The third kappa shape index (κ3) is 18.7. The summed E-state index contributed by atoms with van der Waals surface area (Å²) in [5.41, 5.74) is 21.9. The highest BCUT2D eigenvalue weighted by atomic mass is 16.4. The zero-order chi connectivity index (χ0) is 45.7. The molecule has 0 radical (unpaired) electrons. The average molecular weight is 860 g/mol. The SMILES string of the molecule is NCCCCC(NC(=O)C(CC(=O)O)NC(=O)C(CC(=O)O)NC(=O)C(N)CC(=O)O)C(=O)NC(CCCN=C(N)N)C(=O)N1CCCC1C(=O)NC(CC(=O)O)C(=O)O. The van der Waals surface area contributed by atoms with Gasteiger partial charge in [0.25, 0.3) is 0 Å². The molecule has 1 saturated heterocycles. The van der Waals surface area contributed by atoms with Gasteiger partial charge in [-0.15, -0.1) is 0 Å². The topological polar surface area (TPSA) is 469 Å². The lowest BCUT2D eigenvalue weighted by Gasteiger charge is -2.30. The van der Waals surface area contributed by atoms with Gasteiger partial charge in [0.2, 0.25) is 35.4 Å². The summed E-state index contributed by atoms with van der Waals surface area (Å²) in [6, 6.07) is -11.8. The molecule has 1 fully saturated rings. The first-order valence-corrected chi connectivity index (χ1v) is 18.5. The van der Waals surface area contributed by atoms with Gasteiger partial charge in [0.1, 0.15) is 36.3 Å². The highest BCUT2D eigenvalue weighted by Gasteiger charge is 2.40. The summed E-state index contributed by atoms with van der Waals surface area (Å²) >= 11 is 0. The number of carbonyl (C=O) groups excluding carboxylic acids is 6. The molecule has 7 unspecified atom stereocenters. The second kappa shape index (κ2) is 25.7. The summed E-state index contributed by atoms with van der Waals surface area (Å²) in [6.07, 6.45) is -3.52. The fourth-order valence-electron chi connectivity index (χ4n) is 5.81. The van der Waals surface area contributed by atoms with Crippen molar-refractivity contribution in [2.24, 2.45) is 27.9 Å². The van der Waals surface area contributed by atoms with Crippen LogP contribution in [0.1, 0.15) is 70.6 Å². The van der Waals surface area contributed by atoms with E-state index >= 15 is 0 Å². The molecule has 0 aromatic rings. The summed E-state index contributed by atoms with van der Waals surface area (Å²) in [4.78, 5) is 142. The maximum atomic E-state index is 14.0. The maximum Gasteiger partial charge on any atom is 0.326 e. The number of carboxylic acid groups (broad SMARTS) is 5. The molecule has 27 heteroatoms. The van der Waals surface area contributed by atoms with E-state index in [9.17, 15) is 68.1 Å². The number of unbranched alkanes of at least 4 members (excludes halogenated alkanes) is 1. The number of nitrogens with one attached hydrogen (secondary N) is 5. The van der Waals surface area contributed by atoms with Gasteiger partial charge in [-0.05, 0) is 51.5 Å². The minimum Gasteiger partial charge on any atom is -0.481 e. The minimum absolute atomic E-state index is 0.0244. The summed E-state index contributed by atoms with van der Waals surface area (Å²) in [5, 5.41) is 57.1. The van der Waals surface area contributed by atoms with Crippen LogP contribution in [0, 0.1) is 0 Å². The zero-order valence-electron chi connectivity index (χ0n) is 32.4. The van der Waals surface area contributed by atoms with E-state index < -0.39 is 133 Å². The number of aliphatic carboxylic acids is 5. The fraction of sp³-hybridized carbons (Fsp3) is 0.636. The smallest absolute Gasteiger partial charge is 0.326 e. The lowest BCUT2D eigenvalue weighted by molar-refractivity contribution is -0.148. The quantitative estimate of drug-likeness (QED) is 0.0198. The van der Waals surface area contributed by atoms with Gasteiger partial charge in [-0.3, -0.25) is 52.9 Å². The Bertz CT molecular complexity index is 1640. The van der Waals surface area contributed by atoms with E-state index in [2.05, 4.69) is 20.9 Å². The first-order valence-electron chi connectivity index (χ1n) is 18.5. The molecule has 0 spiro atoms. The van der Waals surface area contributed by atoms with Gasteiger partial charge in [0, 0.05) is 13.1 Å². The Kier molecular flexibility index (Phi) is 22.0. The number of guanidine groups is 1. The molecular formula is C33H53N11O16. The second-order valence-electron chi connectivity index (χ2n) is 13.6. The van der Waals surface area contributed by atoms with Gasteiger partial charge < -0.3 is 80.0 Å². The molecule has 7 atom stereocenters. The van der Waals surface area contributed by atoms with Crippen molar-refractivity contribution in [3.05, 3.63) is 0 Å². The van der Waals surface area contributed by atoms with Crippen LogP contribution in [-0.2, 0) is 52.7 Å². The van der Waals surface area contributed by atoms with Crippen molar-refractivity contribution in [3.8, 4) is 0 Å². The van der Waals surface area contributed by atoms with Crippen molar-refractivity contribution < 1.29 is 78.3 Å². The first-order chi connectivity index (χ1) is 28.1. The van der Waals surface area contributed by atoms with E-state index in [-0.39, 0.29) is 64.1 Å². The molecule has 0 aromatic carbocycles. The molecule has 1 aliphatic heterocycles. The minimum atomic E-state index is -2.00. The molecule has 0 aromatic heterocycles. The van der Waals surface area contributed by atoms with E-state index in [4.69, 9.17) is 33.1 Å². The Morgan fingerprint density at radius 3 is 1.57 bits per heavy atom. The number of rotatable bonds is 28. The van der Waals surface area contributed by atoms with Crippen molar-refractivity contribution >= 4 is 71.2 Å². The predicted molar refractivity (Wildman–Crippen MR) is 202 cm³/mol. The predicted octanol–water partition coefficient (Wildman–Crippen LogP) is -6.11. The van der Waals surface area contributed by atoms with Crippen LogP contribution in [0.25, 0.3) is 0 Å². The van der Waals surface area contributed by atoms with Crippen molar-refractivity contribution in [3.63, 3.8) is 0 Å². The monoisotopic (exact) mass is 859 g/mol. The molecular weight excluding hydrogens is 806 g/mol. The summed E-state index contributed by atoms with van der Waals surface area (Å²) in [7, 11) is 0. The number of likely N-dealkylation sites (tertiary alicyclic amines) is 1. The highest BCUT2D eigenvalue weighted by molar-refractivity contribution is 5.99. The van der Waals surface area contributed by atoms with E-state index in [0.717, 1.165) is 4.90 Å². The van der Waals surface area contributed by atoms with Crippen LogP contribution < -0.4 is 49.5 Å². The number of carboxylic acids is 5. The molecule has 18 N–H and O–H groups in total. The van der Waals surface area contributed by atoms with E-state index in [0.29, 0.717) is 6.42 Å². The van der Waals surface area contributed by atoms with Crippen molar-refractivity contribution in [2.75, 3.05) is 19.6 Å². The van der Waals surface area contributed by atoms with Gasteiger partial charge in [0.15, 0.2) is 5.96 Å². The number of nitrogens with two attached hydrogens (primary N) is 4. The van der Waals surface area contributed by atoms with E-state index in [1.54, 1.807) is 0 Å². The van der Waals surface area contributed by atoms with Gasteiger partial charge in [-0.1, -0.05) is 0 Å². The van der Waals surface area contributed by atoms with Crippen LogP contribution in [0.15, 0.2) is 4.99 Å². The Balaban J connectivity index is 3.43. The van der Waals surface area contributed by atoms with Crippen molar-refractivity contribution in [1.29, 1.82) is 0 Å². The molecule has 0 saturated carbocycles. The lowest BCUT2D eigenvalue weighted by Crippen LogP contribution is -2.60. The van der Waals surface area contributed by atoms with E-state index in [1.807, 2.05) is 10.6 Å². The summed E-state index contributed by atoms with van der Waals surface area (Å²) in [5.74, 6) is -14.9. The highest BCUT2D eigenvalue weighted by Crippen LogP contribution is 2.20. The molecule has 27 nitrogen and oxygen atoms in total. The van der Waals surface area contributed by atoms with Crippen LogP contribution >= 0.6 is 0 Å². The zero-order valence-corrected chi connectivity index (χ0v) is 32.4. The van der Waals surface area contributed by atoms with Crippen LogP contribution in [0.3, 0.4) is 0 Å². The van der Waals surface area contributed by atoms with Crippen molar-refractivity contribution in [2.45, 2.75) is 113 Å². The summed E-state index contributed by atoms with van der Waals surface area (Å²) in [6.45, 7) is 0.0889. The normalized spacial score (nSPS) is 16.3. The number of hydrogen-bond acceptors (Lipinski definition) is 14. The molecule has 1 rings (SSSR count). The second-order valence-corrected chi connectivity index (χ2v) is 13.6. The Hall–Kier alpha value is -6.64. The van der Waals surface area contributed by atoms with Crippen LogP contribution in [0.2, 0.25) is 0 Å². The Labute approximate surface area is 341 Å². The summed E-state index contributed by atoms with van der Waals surface area (Å²) < 4.78 is 0. The third-order valence-electron chi connectivity index (χ3n) is 8.73. The molecule has 1 aliphatic rings. The molecule has 0 aliphatic carbocycles. The first kappa shape index (κ1) is 51.4. The number of carbonyl (C=O) groups is 11. The number of amides is 6. The average Bonchev–Trinajstić information content (AvgIpc) is 3.64. The third-order valence-corrected chi connectivity index (χ3v) is 8.73. The Morgan fingerprint density at radius 1 is 0.600 bits per heavy atom. The van der Waals surface area contributed by atoms with Gasteiger partial charge in [-0.25, -0.2) is 4.79 Å². The molecule has 1 heterocycles. The number of nitrogens with zero attached hydrogens (tertiary/aromatic N) is 2. The van der Waals surface area contributed by atoms with Gasteiger partial charge in [-0.2, -0.15) is 0 Å². The van der Waals surface area contributed by atoms with Gasteiger partial charge >= 0.3 is 29.8 Å². The largest absolute Gasteiger partial charge is 0.481 e. The number of aliphatic imine (C=N–C) groups is 1. The fourth-order valence-corrected chi connectivity index (χ4v) is 5.81. The van der Waals surface area contributed by atoms with E-state index in [1.165, 1.54) is 0 Å². The van der Waals surface area contributed by atoms with Crippen LogP contribution in [-0.4, -0.2) is 164 Å². The lowest BCUT2D eigenvalue weighted by atomic mass is 10.0. The standard InChI is InChI=1S/C33H53N11O16/c34-8-2-1-5-16(39-28(55)19(13-24(49)50)42-29(56)18(12-23(47)48)41-26(53)15(35)11-22(45)46)27(54)40-17(6-3-9-38-33(36)37)31(58)44-10-4-7-21(44)30(57)43-20(32(59)60)14-25(51)52/h15-21H,1-14,34-35H2,(H,39,55)(H,40,54)(H,41,53)(H,42,56)(H,43,57)(H,45,46)(H,47,48)(H,49,50)(H,51,52)(H,59,60)(H4,36,37,38). The molecule has 60 heavy (non-hydrogen) atoms. The Morgan fingerprint density at radius 2 is 1.07 bits per heavy atom. The maximum absolute atomic E-state index is 14.0. The van der Waals surface area contributed by atoms with Crippen LogP contribution in [0.4, 0.5) is 0 Å². The van der Waals surface area contributed by atoms with Crippen LogP contribution in [0.5, 0.6) is 0 Å². The van der Waals surface area contributed by atoms with Gasteiger partial charge in [0.05, 0.1) is 31.7 Å². The van der Waals surface area contributed by atoms with Crippen molar-refractivity contribution in [1.82, 2.24) is 31.5 Å². The molecule has 0 bridgehead atoms.